The van der Waals surface area contributed by atoms with E-state index < -0.39 is 5.54 Å². The molecule has 2 heterocycles. The first kappa shape index (κ1) is 18.6. The minimum Gasteiger partial charge on any atom is -0.486 e. The van der Waals surface area contributed by atoms with Crippen LogP contribution in [0.25, 0.3) is 0 Å². The van der Waals surface area contributed by atoms with Crippen LogP contribution in [0.4, 0.5) is 4.79 Å². The van der Waals surface area contributed by atoms with Crippen LogP contribution in [0.15, 0.2) is 18.2 Å². The highest BCUT2D eigenvalue weighted by Gasteiger charge is 2.52. The van der Waals surface area contributed by atoms with Crippen LogP contribution in [0.2, 0.25) is 0 Å². The first-order valence-corrected chi connectivity index (χ1v) is 9.81. The van der Waals surface area contributed by atoms with Crippen molar-refractivity contribution in [1.29, 1.82) is 0 Å². The van der Waals surface area contributed by atoms with Gasteiger partial charge in [-0.05, 0) is 37.5 Å². The lowest BCUT2D eigenvalue weighted by Gasteiger charge is -2.21. The first-order chi connectivity index (χ1) is 13.5. The van der Waals surface area contributed by atoms with Crippen molar-refractivity contribution < 1.29 is 23.9 Å². The second-order valence-electron chi connectivity index (χ2n) is 7.62. The van der Waals surface area contributed by atoms with Gasteiger partial charge in [0.25, 0.3) is 5.91 Å². The van der Waals surface area contributed by atoms with Crippen molar-refractivity contribution in [2.24, 2.45) is 0 Å². The molecule has 1 aromatic carbocycles. The van der Waals surface area contributed by atoms with Crippen molar-refractivity contribution >= 4 is 17.8 Å². The smallest absolute Gasteiger partial charge is 0.325 e. The summed E-state index contributed by atoms with van der Waals surface area (Å²) >= 11 is 0. The molecule has 8 nitrogen and oxygen atoms in total. The first-order valence-electron chi connectivity index (χ1n) is 9.81. The van der Waals surface area contributed by atoms with Crippen molar-refractivity contribution in [3.05, 3.63) is 23.8 Å². The van der Waals surface area contributed by atoms with Crippen LogP contribution in [-0.2, 0) is 9.59 Å². The van der Waals surface area contributed by atoms with E-state index in [1.54, 1.807) is 0 Å². The molecular weight excluding hydrogens is 362 g/mol. The Bertz CT molecular complexity index is 803. The standard InChI is InChI=1S/C20H25N3O5/c1-13(14-4-5-15-16(12-14)28-11-10-27-15)21-17(24)6-9-23-18(25)20(22-19(23)26)7-2-3-8-20/h4-5,12-13H,2-3,6-11H2,1H3,(H,21,24)(H,22,26)/t13-/m0/s1. The summed E-state index contributed by atoms with van der Waals surface area (Å²) in [7, 11) is 0. The molecule has 1 aliphatic carbocycles. The number of hydrogen-bond donors (Lipinski definition) is 2. The highest BCUT2D eigenvalue weighted by Crippen LogP contribution is 2.35. The average Bonchev–Trinajstić information content (AvgIpc) is 3.25. The van der Waals surface area contributed by atoms with Gasteiger partial charge in [-0.1, -0.05) is 18.9 Å². The fourth-order valence-electron chi connectivity index (χ4n) is 4.14. The van der Waals surface area contributed by atoms with E-state index in [0.29, 0.717) is 37.6 Å². The average molecular weight is 387 g/mol. The summed E-state index contributed by atoms with van der Waals surface area (Å²) < 4.78 is 11.1. The molecular formula is C20H25N3O5. The van der Waals surface area contributed by atoms with Gasteiger partial charge in [0.15, 0.2) is 11.5 Å². The minimum atomic E-state index is -0.730. The van der Waals surface area contributed by atoms with Crippen LogP contribution in [0.5, 0.6) is 11.5 Å². The van der Waals surface area contributed by atoms with E-state index in [0.717, 1.165) is 18.4 Å². The zero-order valence-electron chi connectivity index (χ0n) is 16.0. The number of amides is 4. The summed E-state index contributed by atoms with van der Waals surface area (Å²) in [5, 5.41) is 5.74. The van der Waals surface area contributed by atoms with Gasteiger partial charge >= 0.3 is 6.03 Å². The normalized spacial score (nSPS) is 21.0. The lowest BCUT2D eigenvalue weighted by molar-refractivity contribution is -0.131. The molecule has 0 radical (unpaired) electrons. The van der Waals surface area contributed by atoms with E-state index in [-0.39, 0.29) is 36.9 Å². The predicted octanol–water partition coefficient (Wildman–Crippen LogP) is 1.89. The summed E-state index contributed by atoms with van der Waals surface area (Å²) in [6.07, 6.45) is 3.31. The SMILES string of the molecule is C[C@H](NC(=O)CCN1C(=O)NC2(CCCC2)C1=O)c1ccc2c(c1)OCCO2. The molecule has 150 valence electrons. The fourth-order valence-corrected chi connectivity index (χ4v) is 4.14. The Hall–Kier alpha value is -2.77. The molecule has 0 aromatic heterocycles. The van der Waals surface area contributed by atoms with E-state index in [4.69, 9.17) is 9.47 Å². The number of urea groups is 1. The monoisotopic (exact) mass is 387 g/mol. The van der Waals surface area contributed by atoms with E-state index in [1.165, 1.54) is 4.90 Å². The van der Waals surface area contributed by atoms with Crippen LogP contribution >= 0.6 is 0 Å². The second kappa shape index (κ2) is 7.33. The van der Waals surface area contributed by atoms with Gasteiger partial charge in [0.05, 0.1) is 6.04 Å². The molecule has 2 fully saturated rings. The Morgan fingerprint density at radius 1 is 1.21 bits per heavy atom. The molecule has 4 rings (SSSR count). The number of hydrogen-bond acceptors (Lipinski definition) is 5. The molecule has 1 saturated carbocycles. The van der Waals surface area contributed by atoms with Crippen molar-refractivity contribution in [2.75, 3.05) is 19.8 Å². The number of ether oxygens (including phenoxy) is 2. The van der Waals surface area contributed by atoms with Crippen LogP contribution < -0.4 is 20.1 Å². The van der Waals surface area contributed by atoms with Gasteiger partial charge in [-0.3, -0.25) is 14.5 Å². The third kappa shape index (κ3) is 3.39. The summed E-state index contributed by atoms with van der Waals surface area (Å²) in [6.45, 7) is 3.00. The lowest BCUT2D eigenvalue weighted by Crippen LogP contribution is -2.44. The Labute approximate surface area is 163 Å². The van der Waals surface area contributed by atoms with Crippen molar-refractivity contribution in [2.45, 2.75) is 50.6 Å². The maximum absolute atomic E-state index is 12.6. The summed E-state index contributed by atoms with van der Waals surface area (Å²) in [5.74, 6) is 0.969. The number of carbonyl (C=O) groups is 3. The van der Waals surface area contributed by atoms with E-state index in [9.17, 15) is 14.4 Å². The second-order valence-corrected chi connectivity index (χ2v) is 7.62. The summed E-state index contributed by atoms with van der Waals surface area (Å²) in [4.78, 5) is 38.3. The van der Waals surface area contributed by atoms with E-state index in [2.05, 4.69) is 10.6 Å². The zero-order chi connectivity index (χ0) is 19.7. The van der Waals surface area contributed by atoms with E-state index >= 15 is 0 Å². The highest BCUT2D eigenvalue weighted by molar-refractivity contribution is 6.07. The molecule has 1 saturated heterocycles. The van der Waals surface area contributed by atoms with Crippen LogP contribution in [0.3, 0.4) is 0 Å². The molecule has 2 N–H and O–H groups in total. The van der Waals surface area contributed by atoms with Gasteiger partial charge in [-0.2, -0.15) is 0 Å². The number of rotatable bonds is 5. The zero-order valence-corrected chi connectivity index (χ0v) is 16.0. The van der Waals surface area contributed by atoms with Gasteiger partial charge in [-0.15, -0.1) is 0 Å². The van der Waals surface area contributed by atoms with Crippen molar-refractivity contribution in [1.82, 2.24) is 15.5 Å². The van der Waals surface area contributed by atoms with Gasteiger partial charge in [0, 0.05) is 13.0 Å². The third-order valence-electron chi connectivity index (χ3n) is 5.71. The lowest BCUT2D eigenvalue weighted by atomic mass is 9.98. The van der Waals surface area contributed by atoms with Gasteiger partial charge in [-0.25, -0.2) is 4.79 Å². The van der Waals surface area contributed by atoms with Crippen molar-refractivity contribution in [3.8, 4) is 11.5 Å². The third-order valence-corrected chi connectivity index (χ3v) is 5.71. The number of nitrogens with one attached hydrogen (secondary N) is 2. The minimum absolute atomic E-state index is 0.0735. The highest BCUT2D eigenvalue weighted by atomic mass is 16.6. The van der Waals surface area contributed by atoms with Gasteiger partial charge < -0.3 is 20.1 Å². The fraction of sp³-hybridized carbons (Fsp3) is 0.550. The van der Waals surface area contributed by atoms with E-state index in [1.807, 2.05) is 25.1 Å². The maximum Gasteiger partial charge on any atom is 0.325 e. The quantitative estimate of drug-likeness (QED) is 0.752. The van der Waals surface area contributed by atoms with Crippen LogP contribution in [0.1, 0.15) is 50.6 Å². The summed E-state index contributed by atoms with van der Waals surface area (Å²) in [6, 6.07) is 4.97. The topological polar surface area (TPSA) is 97.0 Å². The molecule has 0 unspecified atom stereocenters. The molecule has 3 aliphatic rings. The van der Waals surface area contributed by atoms with Crippen molar-refractivity contribution in [3.63, 3.8) is 0 Å². The molecule has 1 spiro atoms. The molecule has 0 bridgehead atoms. The maximum atomic E-state index is 12.6. The van der Waals surface area contributed by atoms with Gasteiger partial charge in [0.1, 0.15) is 18.8 Å². The number of carbonyl (C=O) groups excluding carboxylic acids is 3. The number of fused-ring (bicyclic) bond motifs is 1. The number of benzene rings is 1. The molecule has 1 aromatic rings. The molecule has 1 atom stereocenters. The Morgan fingerprint density at radius 2 is 1.93 bits per heavy atom. The van der Waals surface area contributed by atoms with Crippen LogP contribution in [-0.4, -0.2) is 48.0 Å². The molecule has 28 heavy (non-hydrogen) atoms. The van der Waals surface area contributed by atoms with Gasteiger partial charge in [0.2, 0.25) is 5.91 Å². The number of nitrogens with zero attached hydrogens (tertiary/aromatic N) is 1. The Balaban J connectivity index is 1.32. The molecule has 8 heteroatoms. The number of imide groups is 1. The predicted molar refractivity (Wildman–Crippen MR) is 100 cm³/mol. The Morgan fingerprint density at radius 3 is 2.68 bits per heavy atom. The Kier molecular flexibility index (Phi) is 4.87. The molecule has 2 aliphatic heterocycles. The largest absolute Gasteiger partial charge is 0.486 e. The van der Waals surface area contributed by atoms with Crippen LogP contribution in [0, 0.1) is 0 Å². The summed E-state index contributed by atoms with van der Waals surface area (Å²) in [5.41, 5.74) is 0.170. The molecule has 4 amide bonds.